The molecule has 0 aliphatic carbocycles. The van der Waals surface area contributed by atoms with Gasteiger partial charge in [-0.2, -0.15) is 0 Å². The zero-order valence-electron chi connectivity index (χ0n) is 14.1. The summed E-state index contributed by atoms with van der Waals surface area (Å²) in [7, 11) is -4.37. The fraction of sp³-hybridized carbons (Fsp3) is 0.111. The van der Waals surface area contributed by atoms with Crippen LogP contribution in [0.4, 0.5) is 4.39 Å². The Morgan fingerprint density at radius 2 is 1.81 bits per heavy atom. The maximum atomic E-state index is 13.9. The van der Waals surface area contributed by atoms with Crippen LogP contribution in [0.15, 0.2) is 59.6 Å². The summed E-state index contributed by atoms with van der Waals surface area (Å²) in [6.07, 6.45) is 1.28. The highest BCUT2D eigenvalue weighted by atomic mass is 32.2. The van der Waals surface area contributed by atoms with Gasteiger partial charge in [0.1, 0.15) is 22.2 Å². The first kappa shape index (κ1) is 17.8. The van der Waals surface area contributed by atoms with E-state index in [-0.39, 0.29) is 5.69 Å². The predicted molar refractivity (Wildman–Crippen MR) is 94.1 cm³/mol. The van der Waals surface area contributed by atoms with Crippen LogP contribution >= 0.6 is 0 Å². The van der Waals surface area contributed by atoms with Crippen molar-refractivity contribution in [1.82, 2.24) is 14.3 Å². The van der Waals surface area contributed by atoms with E-state index in [9.17, 15) is 17.6 Å². The Hall–Kier alpha value is -3.00. The molecule has 1 amide bonds. The van der Waals surface area contributed by atoms with Crippen LogP contribution in [0.25, 0.3) is 5.69 Å². The van der Waals surface area contributed by atoms with Gasteiger partial charge in [-0.25, -0.2) is 22.5 Å². The molecular formula is C18H16FN3O3S. The van der Waals surface area contributed by atoms with Gasteiger partial charge < -0.3 is 0 Å². The summed E-state index contributed by atoms with van der Waals surface area (Å²) in [5.74, 6) is -1.31. The number of benzene rings is 2. The van der Waals surface area contributed by atoms with Crippen molar-refractivity contribution in [3.05, 3.63) is 77.6 Å². The molecular weight excluding hydrogens is 357 g/mol. The van der Waals surface area contributed by atoms with Gasteiger partial charge in [-0.05, 0) is 43.7 Å². The molecule has 134 valence electrons. The van der Waals surface area contributed by atoms with Crippen molar-refractivity contribution in [1.29, 1.82) is 0 Å². The molecule has 3 rings (SSSR count). The van der Waals surface area contributed by atoms with E-state index in [2.05, 4.69) is 4.98 Å². The van der Waals surface area contributed by atoms with Gasteiger partial charge >= 0.3 is 0 Å². The number of nitrogens with one attached hydrogen (secondary N) is 1. The van der Waals surface area contributed by atoms with Crippen LogP contribution < -0.4 is 4.72 Å². The van der Waals surface area contributed by atoms with Crippen molar-refractivity contribution in [2.24, 2.45) is 0 Å². The van der Waals surface area contributed by atoms with Gasteiger partial charge in [0.25, 0.3) is 15.9 Å². The maximum absolute atomic E-state index is 13.9. The van der Waals surface area contributed by atoms with Crippen molar-refractivity contribution in [3.63, 3.8) is 0 Å². The van der Waals surface area contributed by atoms with E-state index in [4.69, 9.17) is 0 Å². The number of halogens is 1. The molecule has 0 radical (unpaired) electrons. The van der Waals surface area contributed by atoms with Crippen LogP contribution in [-0.4, -0.2) is 23.9 Å². The Labute approximate surface area is 150 Å². The average molecular weight is 373 g/mol. The molecule has 6 nitrogen and oxygen atoms in total. The molecule has 0 atom stereocenters. The molecule has 0 saturated carbocycles. The van der Waals surface area contributed by atoms with E-state index in [0.717, 1.165) is 6.07 Å². The smallest absolute Gasteiger partial charge is 0.283 e. The molecule has 1 heterocycles. The highest BCUT2D eigenvalue weighted by molar-refractivity contribution is 7.90. The topological polar surface area (TPSA) is 81.1 Å². The van der Waals surface area contributed by atoms with Crippen LogP contribution in [0, 0.1) is 19.7 Å². The third kappa shape index (κ3) is 3.36. The van der Waals surface area contributed by atoms with E-state index in [0.29, 0.717) is 17.1 Å². The summed E-state index contributed by atoms with van der Waals surface area (Å²) in [5, 5.41) is 0. The molecule has 8 heteroatoms. The molecule has 0 bridgehead atoms. The van der Waals surface area contributed by atoms with Crippen LogP contribution in [0.2, 0.25) is 0 Å². The Kier molecular flexibility index (Phi) is 4.60. The van der Waals surface area contributed by atoms with Crippen LogP contribution in [-0.2, 0) is 10.0 Å². The summed E-state index contributed by atoms with van der Waals surface area (Å²) in [6.45, 7) is 3.33. The molecule has 26 heavy (non-hydrogen) atoms. The molecule has 1 N–H and O–H groups in total. The zero-order valence-corrected chi connectivity index (χ0v) is 14.9. The number of nitrogens with zero attached hydrogens (tertiary/aromatic N) is 2. The Balaban J connectivity index is 1.98. The number of para-hydroxylation sites is 1. The molecule has 0 aliphatic rings. The fourth-order valence-corrected chi connectivity index (χ4v) is 3.68. The van der Waals surface area contributed by atoms with E-state index in [1.807, 2.05) is 10.8 Å². The minimum Gasteiger partial charge on any atom is -0.292 e. The van der Waals surface area contributed by atoms with Crippen molar-refractivity contribution >= 4 is 15.9 Å². The minimum atomic E-state index is -4.37. The van der Waals surface area contributed by atoms with Crippen molar-refractivity contribution in [2.45, 2.75) is 18.7 Å². The number of carbonyl (C=O) groups is 1. The number of rotatable bonds is 4. The molecule has 0 fully saturated rings. The number of amides is 1. The Morgan fingerprint density at radius 3 is 2.50 bits per heavy atom. The minimum absolute atomic E-state index is 0.0327. The first-order chi connectivity index (χ1) is 12.3. The number of sulfonamides is 1. The summed E-state index contributed by atoms with van der Waals surface area (Å²) in [5.41, 5.74) is 1.25. The molecule has 0 saturated heterocycles. The SMILES string of the molecule is Cc1ccc(F)c(S(=O)(=O)NC(=O)c2cnc(C)n2-c2ccccc2)c1. The van der Waals surface area contributed by atoms with Crippen LogP contribution in [0.3, 0.4) is 0 Å². The quantitative estimate of drug-likeness (QED) is 0.762. The molecule has 0 unspecified atom stereocenters. The first-order valence-corrected chi connectivity index (χ1v) is 9.21. The Morgan fingerprint density at radius 1 is 1.12 bits per heavy atom. The summed E-state index contributed by atoms with van der Waals surface area (Å²) in [4.78, 5) is 16.1. The van der Waals surface area contributed by atoms with Crippen molar-refractivity contribution in [2.75, 3.05) is 0 Å². The number of carbonyl (C=O) groups excluding carboxylic acids is 1. The van der Waals surface area contributed by atoms with Gasteiger partial charge in [0.2, 0.25) is 0 Å². The number of aromatic nitrogens is 2. The summed E-state index contributed by atoms with van der Waals surface area (Å²) < 4.78 is 42.2. The van der Waals surface area contributed by atoms with Crippen LogP contribution in [0.1, 0.15) is 21.9 Å². The van der Waals surface area contributed by atoms with E-state index in [1.54, 1.807) is 38.1 Å². The van der Waals surface area contributed by atoms with E-state index < -0.39 is 26.6 Å². The molecule has 0 aliphatic heterocycles. The molecule has 0 spiro atoms. The van der Waals surface area contributed by atoms with Gasteiger partial charge in [0.15, 0.2) is 0 Å². The van der Waals surface area contributed by atoms with Crippen molar-refractivity contribution < 1.29 is 17.6 Å². The van der Waals surface area contributed by atoms with E-state index >= 15 is 0 Å². The number of hydrogen-bond acceptors (Lipinski definition) is 4. The summed E-state index contributed by atoms with van der Waals surface area (Å²) >= 11 is 0. The molecule has 3 aromatic rings. The molecule has 2 aromatic carbocycles. The third-order valence-electron chi connectivity index (χ3n) is 3.79. The highest BCUT2D eigenvalue weighted by Gasteiger charge is 2.25. The lowest BCUT2D eigenvalue weighted by atomic mass is 10.2. The van der Waals surface area contributed by atoms with Gasteiger partial charge in [-0.15, -0.1) is 0 Å². The Bertz CT molecular complexity index is 1080. The predicted octanol–water partition coefficient (Wildman–Crippen LogP) is 2.75. The lowest BCUT2D eigenvalue weighted by Crippen LogP contribution is -2.32. The lowest BCUT2D eigenvalue weighted by molar-refractivity contribution is 0.0974. The van der Waals surface area contributed by atoms with Gasteiger partial charge in [-0.1, -0.05) is 24.3 Å². The number of hydrogen-bond donors (Lipinski definition) is 1. The number of imidazole rings is 1. The first-order valence-electron chi connectivity index (χ1n) is 7.72. The largest absolute Gasteiger partial charge is 0.292 e. The van der Waals surface area contributed by atoms with Gasteiger partial charge in [-0.3, -0.25) is 9.36 Å². The van der Waals surface area contributed by atoms with Gasteiger partial charge in [0, 0.05) is 5.69 Å². The van der Waals surface area contributed by atoms with Crippen LogP contribution in [0.5, 0.6) is 0 Å². The second-order valence-corrected chi connectivity index (χ2v) is 7.38. The third-order valence-corrected chi connectivity index (χ3v) is 5.13. The fourth-order valence-electron chi connectivity index (χ4n) is 2.55. The second kappa shape index (κ2) is 6.72. The monoisotopic (exact) mass is 373 g/mol. The lowest BCUT2D eigenvalue weighted by Gasteiger charge is -2.11. The van der Waals surface area contributed by atoms with Crippen molar-refractivity contribution in [3.8, 4) is 5.69 Å². The highest BCUT2D eigenvalue weighted by Crippen LogP contribution is 2.18. The van der Waals surface area contributed by atoms with E-state index in [1.165, 1.54) is 22.9 Å². The van der Waals surface area contributed by atoms with Gasteiger partial charge in [0.05, 0.1) is 6.20 Å². The number of aryl methyl sites for hydroxylation is 2. The zero-order chi connectivity index (χ0) is 18.9. The maximum Gasteiger partial charge on any atom is 0.283 e. The summed E-state index contributed by atoms with van der Waals surface area (Å²) in [6, 6.07) is 12.6. The normalized spacial score (nSPS) is 11.3. The molecule has 1 aromatic heterocycles. The standard InChI is InChI=1S/C18H16FN3O3S/c1-12-8-9-15(19)17(10-12)26(24,25)21-18(23)16-11-20-13(2)22(16)14-6-4-3-5-7-14/h3-11H,1-2H3,(H,21,23). The second-order valence-electron chi connectivity index (χ2n) is 5.73. The average Bonchev–Trinajstić information content (AvgIpc) is 2.99.